The van der Waals surface area contributed by atoms with E-state index in [0.29, 0.717) is 13.0 Å². The van der Waals surface area contributed by atoms with Gasteiger partial charge in [-0.2, -0.15) is 0 Å². The standard InChI is InChI=1S/C13H12N4OS/c18-12(15-8-10-1-3-14-4-2-10)7-11-9-17-5-6-19-13(17)16-11/h1-6,9H,7-8H2,(H,15,18). The maximum absolute atomic E-state index is 11.8. The molecule has 0 saturated carbocycles. The van der Waals surface area contributed by atoms with Crippen molar-refractivity contribution in [3.8, 4) is 0 Å². The van der Waals surface area contributed by atoms with Gasteiger partial charge in [0.25, 0.3) is 0 Å². The molecule has 96 valence electrons. The summed E-state index contributed by atoms with van der Waals surface area (Å²) in [5.74, 6) is -0.0254. The Morgan fingerprint density at radius 3 is 3.00 bits per heavy atom. The van der Waals surface area contributed by atoms with E-state index in [9.17, 15) is 4.79 Å². The number of imidazole rings is 1. The molecule has 6 heteroatoms. The fraction of sp³-hybridized carbons (Fsp3) is 0.154. The predicted octanol–water partition coefficient (Wildman–Crippen LogP) is 1.65. The first kappa shape index (κ1) is 11.9. The summed E-state index contributed by atoms with van der Waals surface area (Å²) in [5, 5.41) is 4.84. The second kappa shape index (κ2) is 5.19. The van der Waals surface area contributed by atoms with Crippen LogP contribution in [0, 0.1) is 0 Å². The SMILES string of the molecule is O=C(Cc1cn2ccsc2n1)NCc1ccncc1. The van der Waals surface area contributed by atoms with Crippen molar-refractivity contribution in [3.05, 3.63) is 53.6 Å². The molecule has 3 heterocycles. The number of carbonyl (C=O) groups is 1. The van der Waals surface area contributed by atoms with Gasteiger partial charge in [0, 0.05) is 36.7 Å². The van der Waals surface area contributed by atoms with Crippen LogP contribution in [0.15, 0.2) is 42.3 Å². The number of nitrogens with one attached hydrogen (secondary N) is 1. The number of hydrogen-bond donors (Lipinski definition) is 1. The van der Waals surface area contributed by atoms with Crippen LogP contribution in [-0.4, -0.2) is 20.3 Å². The zero-order chi connectivity index (χ0) is 13.1. The molecule has 1 amide bonds. The van der Waals surface area contributed by atoms with E-state index in [-0.39, 0.29) is 5.91 Å². The largest absolute Gasteiger partial charge is 0.352 e. The van der Waals surface area contributed by atoms with Crippen molar-refractivity contribution in [1.29, 1.82) is 0 Å². The van der Waals surface area contributed by atoms with E-state index in [1.165, 1.54) is 0 Å². The summed E-state index contributed by atoms with van der Waals surface area (Å²) in [6, 6.07) is 3.76. The minimum absolute atomic E-state index is 0.0254. The number of amides is 1. The maximum atomic E-state index is 11.8. The summed E-state index contributed by atoms with van der Waals surface area (Å²) in [7, 11) is 0. The van der Waals surface area contributed by atoms with Crippen molar-refractivity contribution in [2.75, 3.05) is 0 Å². The summed E-state index contributed by atoms with van der Waals surface area (Å²) in [6.45, 7) is 0.517. The number of thiazole rings is 1. The molecule has 0 atom stereocenters. The van der Waals surface area contributed by atoms with Gasteiger partial charge >= 0.3 is 0 Å². The van der Waals surface area contributed by atoms with E-state index in [1.54, 1.807) is 23.7 Å². The Morgan fingerprint density at radius 2 is 2.21 bits per heavy atom. The summed E-state index contributed by atoms with van der Waals surface area (Å²) in [4.78, 5) is 21.0. The van der Waals surface area contributed by atoms with Crippen molar-refractivity contribution in [3.63, 3.8) is 0 Å². The lowest BCUT2D eigenvalue weighted by atomic mass is 10.2. The third-order valence-corrected chi connectivity index (χ3v) is 3.49. The highest BCUT2D eigenvalue weighted by atomic mass is 32.1. The lowest BCUT2D eigenvalue weighted by Crippen LogP contribution is -2.24. The molecule has 0 saturated heterocycles. The van der Waals surface area contributed by atoms with E-state index >= 15 is 0 Å². The minimum atomic E-state index is -0.0254. The van der Waals surface area contributed by atoms with Gasteiger partial charge < -0.3 is 5.32 Å². The van der Waals surface area contributed by atoms with Crippen molar-refractivity contribution >= 4 is 22.2 Å². The molecule has 19 heavy (non-hydrogen) atoms. The first-order chi connectivity index (χ1) is 9.31. The van der Waals surface area contributed by atoms with Gasteiger partial charge in [-0.1, -0.05) is 0 Å². The van der Waals surface area contributed by atoms with Gasteiger partial charge in [-0.15, -0.1) is 11.3 Å². The van der Waals surface area contributed by atoms with Gasteiger partial charge in [0.15, 0.2) is 4.96 Å². The molecule has 0 aliphatic rings. The van der Waals surface area contributed by atoms with Gasteiger partial charge in [-0.05, 0) is 17.7 Å². The van der Waals surface area contributed by atoms with E-state index in [0.717, 1.165) is 16.2 Å². The van der Waals surface area contributed by atoms with Crippen LogP contribution in [0.5, 0.6) is 0 Å². The molecule has 0 bridgehead atoms. The van der Waals surface area contributed by atoms with Gasteiger partial charge in [0.2, 0.25) is 5.91 Å². The monoisotopic (exact) mass is 272 g/mol. The van der Waals surface area contributed by atoms with Crippen molar-refractivity contribution in [1.82, 2.24) is 19.7 Å². The Morgan fingerprint density at radius 1 is 1.37 bits per heavy atom. The highest BCUT2D eigenvalue weighted by molar-refractivity contribution is 7.15. The molecule has 0 fully saturated rings. The number of nitrogens with zero attached hydrogens (tertiary/aromatic N) is 3. The van der Waals surface area contributed by atoms with Gasteiger partial charge in [0.05, 0.1) is 12.1 Å². The molecule has 3 aromatic heterocycles. The summed E-state index contributed by atoms with van der Waals surface area (Å²) >= 11 is 1.56. The average molecular weight is 272 g/mol. The highest BCUT2D eigenvalue weighted by Gasteiger charge is 2.07. The second-order valence-corrected chi connectivity index (χ2v) is 5.01. The maximum Gasteiger partial charge on any atom is 0.226 e. The number of aromatic nitrogens is 3. The smallest absolute Gasteiger partial charge is 0.226 e. The van der Waals surface area contributed by atoms with Crippen LogP contribution >= 0.6 is 11.3 Å². The van der Waals surface area contributed by atoms with Crippen LogP contribution in [0.1, 0.15) is 11.3 Å². The van der Waals surface area contributed by atoms with Crippen molar-refractivity contribution < 1.29 is 4.79 Å². The molecule has 0 aliphatic carbocycles. The van der Waals surface area contributed by atoms with Crippen LogP contribution < -0.4 is 5.32 Å². The summed E-state index contributed by atoms with van der Waals surface area (Å²) < 4.78 is 1.93. The fourth-order valence-corrected chi connectivity index (χ4v) is 2.51. The third-order valence-electron chi connectivity index (χ3n) is 2.72. The van der Waals surface area contributed by atoms with Gasteiger partial charge in [-0.3, -0.25) is 14.2 Å². The molecule has 5 nitrogen and oxygen atoms in total. The Kier molecular flexibility index (Phi) is 3.24. The first-order valence-electron chi connectivity index (χ1n) is 5.88. The van der Waals surface area contributed by atoms with E-state index in [4.69, 9.17) is 0 Å². The normalized spacial score (nSPS) is 10.7. The quantitative estimate of drug-likeness (QED) is 0.785. The molecular weight excluding hydrogens is 260 g/mol. The van der Waals surface area contributed by atoms with E-state index < -0.39 is 0 Å². The van der Waals surface area contributed by atoms with Crippen LogP contribution in [0.3, 0.4) is 0 Å². The lowest BCUT2D eigenvalue weighted by molar-refractivity contribution is -0.120. The lowest BCUT2D eigenvalue weighted by Gasteiger charge is -2.03. The molecule has 0 aromatic carbocycles. The summed E-state index contributed by atoms with van der Waals surface area (Å²) in [6.07, 6.45) is 7.55. The molecule has 3 rings (SSSR count). The Bertz CT molecular complexity index is 660. The number of rotatable bonds is 4. The Balaban J connectivity index is 1.58. The molecular formula is C13H12N4OS. The molecule has 0 unspecified atom stereocenters. The number of pyridine rings is 1. The van der Waals surface area contributed by atoms with Gasteiger partial charge in [0.1, 0.15) is 0 Å². The molecule has 0 aliphatic heterocycles. The third kappa shape index (κ3) is 2.79. The minimum Gasteiger partial charge on any atom is -0.352 e. The number of carbonyl (C=O) groups excluding carboxylic acids is 1. The second-order valence-electron chi connectivity index (χ2n) is 4.13. The Hall–Kier alpha value is -2.21. The molecule has 0 spiro atoms. The summed E-state index contributed by atoms with van der Waals surface area (Å²) in [5.41, 5.74) is 1.83. The van der Waals surface area contributed by atoms with Crippen molar-refractivity contribution in [2.24, 2.45) is 0 Å². The van der Waals surface area contributed by atoms with Crippen LogP contribution in [0.25, 0.3) is 4.96 Å². The predicted molar refractivity (Wildman–Crippen MR) is 72.9 cm³/mol. The van der Waals surface area contributed by atoms with E-state index in [1.807, 2.05) is 34.3 Å². The van der Waals surface area contributed by atoms with Crippen LogP contribution in [0.2, 0.25) is 0 Å². The average Bonchev–Trinajstić information content (AvgIpc) is 2.98. The van der Waals surface area contributed by atoms with Crippen LogP contribution in [0.4, 0.5) is 0 Å². The first-order valence-corrected chi connectivity index (χ1v) is 6.76. The Labute approximate surface area is 113 Å². The molecule has 3 aromatic rings. The van der Waals surface area contributed by atoms with Crippen LogP contribution in [-0.2, 0) is 17.8 Å². The zero-order valence-electron chi connectivity index (χ0n) is 10.1. The molecule has 1 N–H and O–H groups in total. The number of fused-ring (bicyclic) bond motifs is 1. The number of hydrogen-bond acceptors (Lipinski definition) is 4. The highest BCUT2D eigenvalue weighted by Crippen LogP contribution is 2.11. The zero-order valence-corrected chi connectivity index (χ0v) is 10.9. The molecule has 0 radical (unpaired) electrons. The fourth-order valence-electron chi connectivity index (χ4n) is 1.79. The van der Waals surface area contributed by atoms with E-state index in [2.05, 4.69) is 15.3 Å². The van der Waals surface area contributed by atoms with Crippen molar-refractivity contribution in [2.45, 2.75) is 13.0 Å². The topological polar surface area (TPSA) is 59.3 Å². The van der Waals surface area contributed by atoms with Gasteiger partial charge in [-0.25, -0.2) is 4.98 Å².